The van der Waals surface area contributed by atoms with Crippen LogP contribution in [0.2, 0.25) is 0 Å². The third-order valence-electron chi connectivity index (χ3n) is 11.2. The van der Waals surface area contributed by atoms with E-state index in [1.165, 1.54) is 24.3 Å². The molecule has 0 aliphatic carbocycles. The molecule has 0 radical (unpaired) electrons. The van der Waals surface area contributed by atoms with Gasteiger partial charge in [0.05, 0.1) is 11.1 Å². The van der Waals surface area contributed by atoms with Crippen LogP contribution in [-0.4, -0.2) is 104 Å². The van der Waals surface area contributed by atoms with Gasteiger partial charge in [0.2, 0.25) is 0 Å². The minimum absolute atomic E-state index is 0. The Labute approximate surface area is 473 Å². The second kappa shape index (κ2) is 36.7. The highest BCUT2D eigenvalue weighted by Crippen LogP contribution is 2.34. The van der Waals surface area contributed by atoms with Crippen molar-refractivity contribution < 1.29 is 61.0 Å². The fraction of sp³-hybridized carbons (Fsp3) is 0.357. The van der Waals surface area contributed by atoms with Gasteiger partial charge in [0.1, 0.15) is 60.6 Å². The molecular weight excluding hydrogens is 1100 g/mol. The number of anilines is 2. The Hall–Kier alpha value is -5.34. The van der Waals surface area contributed by atoms with Gasteiger partial charge in [-0.25, -0.2) is 0 Å². The molecule has 4 unspecified atom stereocenters. The van der Waals surface area contributed by atoms with E-state index in [9.17, 15) is 36.6 Å². The summed E-state index contributed by atoms with van der Waals surface area (Å²) >= 11 is 0. The molecule has 428 valence electrons. The number of hydrogen-bond donors (Lipinski definition) is 4. The van der Waals surface area contributed by atoms with E-state index in [0.717, 1.165) is 59.9 Å². The first kappa shape index (κ1) is 71.7. The summed E-state index contributed by atoms with van der Waals surface area (Å²) in [6, 6.07) is 43.7. The number of alkyl halides is 6. The van der Waals surface area contributed by atoms with Gasteiger partial charge in [0.25, 0.3) is 0 Å². The van der Waals surface area contributed by atoms with Gasteiger partial charge < -0.3 is 55.1 Å². The quantitative estimate of drug-likeness (QED) is 0.0388. The molecule has 6 aromatic carbocycles. The zero-order valence-corrected chi connectivity index (χ0v) is 46.5. The summed E-state index contributed by atoms with van der Waals surface area (Å²) in [5.41, 5.74) is 2.45. The third kappa shape index (κ3) is 26.2. The second-order valence-corrected chi connectivity index (χ2v) is 17.2. The van der Waals surface area contributed by atoms with Crippen LogP contribution in [0.25, 0.3) is 0 Å². The Morgan fingerprint density at radius 3 is 1.04 bits per heavy atom. The van der Waals surface area contributed by atoms with Gasteiger partial charge in [-0.05, 0) is 136 Å². The zero-order chi connectivity index (χ0) is 51.9. The molecule has 0 saturated heterocycles. The fourth-order valence-electron chi connectivity index (χ4n) is 7.51. The lowest BCUT2D eigenvalue weighted by atomic mass is 10.1. The van der Waals surface area contributed by atoms with Crippen LogP contribution in [0.1, 0.15) is 61.2 Å². The maximum atomic E-state index is 12.9. The number of ether oxygens (including phenoxy) is 4. The Morgan fingerprint density at radius 1 is 0.455 bits per heavy atom. The van der Waals surface area contributed by atoms with Gasteiger partial charge in [0.15, 0.2) is 0 Å². The van der Waals surface area contributed by atoms with Crippen LogP contribution >= 0.6 is 49.6 Å². The predicted octanol–water partition coefficient (Wildman–Crippen LogP) is 12.9. The monoisotopic (exact) mass is 1170 g/mol. The van der Waals surface area contributed by atoms with Crippen LogP contribution in [0.4, 0.5) is 37.7 Å². The molecule has 0 heterocycles. The lowest BCUT2D eigenvalue weighted by Gasteiger charge is -2.25. The number of rotatable bonds is 26. The van der Waals surface area contributed by atoms with E-state index >= 15 is 0 Å². The first-order valence-corrected chi connectivity index (χ1v) is 23.9. The lowest BCUT2D eigenvalue weighted by molar-refractivity contribution is -0.138. The van der Waals surface area contributed by atoms with E-state index in [-0.39, 0.29) is 80.5 Å². The molecule has 0 aliphatic rings. The standard InChI is InChI=1S/2C28H33F3N2O3.4ClH.H2O/c2*1-3-32-23-11-15-25(16-12-23)35-20-24(34)19-33(2)18-17-27(21-7-5-4-6-8-21)36-26-13-9-22(10-14-26)28(29,30)31;;;;;/h2*4-16,24,27,32,34H,3,17-20H2,1-2H3;4*1H;1H2. The Bertz CT molecular complexity index is 2250. The van der Waals surface area contributed by atoms with E-state index in [1.807, 2.05) is 147 Å². The summed E-state index contributed by atoms with van der Waals surface area (Å²) in [6.07, 6.45) is -9.69. The van der Waals surface area contributed by atoms with Crippen molar-refractivity contribution >= 4 is 61.0 Å². The molecule has 0 spiro atoms. The normalized spacial score (nSPS) is 12.4. The molecule has 77 heavy (non-hydrogen) atoms. The highest BCUT2D eigenvalue weighted by Gasteiger charge is 2.31. The molecule has 0 bridgehead atoms. The molecule has 6 N–H and O–H groups in total. The van der Waals surface area contributed by atoms with Crippen molar-refractivity contribution in [3.63, 3.8) is 0 Å². The van der Waals surface area contributed by atoms with E-state index in [1.54, 1.807) is 0 Å². The summed E-state index contributed by atoms with van der Waals surface area (Å²) in [5.74, 6) is 2.11. The van der Waals surface area contributed by atoms with Gasteiger partial charge in [-0.2, -0.15) is 26.3 Å². The van der Waals surface area contributed by atoms with Crippen molar-refractivity contribution in [2.45, 2.75) is 63.5 Å². The van der Waals surface area contributed by atoms with Gasteiger partial charge in [-0.15, -0.1) is 49.6 Å². The molecule has 0 saturated carbocycles. The third-order valence-corrected chi connectivity index (χ3v) is 11.2. The van der Waals surface area contributed by atoms with Crippen LogP contribution < -0.4 is 29.6 Å². The SMILES string of the molecule is CCNc1ccc(OCC(O)CN(C)CCC(Oc2ccc(C(F)(F)F)cc2)c2ccccc2)cc1.CCNc1ccc(OCC(O)CN(C)CCC(Oc2ccc(C(F)(F)F)cc2)c2ccccc2)cc1.Cl.Cl.Cl.Cl.O. The first-order valence-electron chi connectivity index (χ1n) is 23.9. The average molecular weight is 1170 g/mol. The number of likely N-dealkylation sites (N-methyl/N-ethyl adjacent to an activating group) is 2. The van der Waals surface area contributed by atoms with Crippen LogP contribution in [0, 0.1) is 0 Å². The summed E-state index contributed by atoms with van der Waals surface area (Å²) < 4.78 is 101. The van der Waals surface area contributed by atoms with Gasteiger partial charge in [-0.3, -0.25) is 0 Å². The van der Waals surface area contributed by atoms with Crippen molar-refractivity contribution in [2.24, 2.45) is 0 Å². The fourth-order valence-corrected chi connectivity index (χ4v) is 7.51. The number of benzene rings is 6. The highest BCUT2D eigenvalue weighted by molar-refractivity contribution is 5.86. The Kier molecular flexibility index (Phi) is 34.2. The maximum Gasteiger partial charge on any atom is 0.416 e. The smallest absolute Gasteiger partial charge is 0.416 e. The van der Waals surface area contributed by atoms with Crippen molar-refractivity contribution in [2.75, 3.05) is 77.2 Å². The van der Waals surface area contributed by atoms with Crippen LogP contribution in [-0.2, 0) is 12.4 Å². The Morgan fingerprint density at radius 2 is 0.753 bits per heavy atom. The number of nitrogens with zero attached hydrogens (tertiary/aromatic N) is 2. The topological polar surface area (TPSA) is 139 Å². The summed E-state index contributed by atoms with van der Waals surface area (Å²) in [4.78, 5) is 3.96. The molecule has 21 heteroatoms. The van der Waals surface area contributed by atoms with Crippen molar-refractivity contribution in [1.82, 2.24) is 9.80 Å². The molecular formula is C56H72Cl4F6N4O7. The van der Waals surface area contributed by atoms with Crippen molar-refractivity contribution in [1.29, 1.82) is 0 Å². The van der Waals surface area contributed by atoms with E-state index < -0.39 is 35.7 Å². The minimum Gasteiger partial charge on any atom is -0.491 e. The molecule has 4 atom stereocenters. The molecule has 0 aliphatic heterocycles. The second-order valence-electron chi connectivity index (χ2n) is 17.2. The van der Waals surface area contributed by atoms with Gasteiger partial charge >= 0.3 is 12.4 Å². The van der Waals surface area contributed by atoms with E-state index in [2.05, 4.69) is 10.6 Å². The van der Waals surface area contributed by atoms with E-state index in [0.29, 0.717) is 62.0 Å². The van der Waals surface area contributed by atoms with Crippen LogP contribution in [0.15, 0.2) is 158 Å². The van der Waals surface area contributed by atoms with Crippen LogP contribution in [0.3, 0.4) is 0 Å². The van der Waals surface area contributed by atoms with Gasteiger partial charge in [0, 0.05) is 63.5 Å². The predicted molar refractivity (Wildman–Crippen MR) is 304 cm³/mol. The minimum atomic E-state index is -4.39. The number of hydrogen-bond acceptors (Lipinski definition) is 10. The molecule has 0 amide bonds. The number of nitrogens with one attached hydrogen (secondary N) is 2. The number of halogens is 10. The molecule has 0 fully saturated rings. The average Bonchev–Trinajstić information content (AvgIpc) is 3.36. The molecule has 6 rings (SSSR count). The zero-order valence-electron chi connectivity index (χ0n) is 43.2. The van der Waals surface area contributed by atoms with Crippen molar-refractivity contribution in [3.05, 3.63) is 180 Å². The van der Waals surface area contributed by atoms with Gasteiger partial charge in [-0.1, -0.05) is 60.7 Å². The molecule has 0 aromatic heterocycles. The largest absolute Gasteiger partial charge is 0.491 e. The van der Waals surface area contributed by atoms with Crippen molar-refractivity contribution in [3.8, 4) is 23.0 Å². The maximum absolute atomic E-state index is 12.9. The summed E-state index contributed by atoms with van der Waals surface area (Å²) in [7, 11) is 3.79. The molecule has 11 nitrogen and oxygen atoms in total. The van der Waals surface area contributed by atoms with E-state index in [4.69, 9.17) is 18.9 Å². The number of aliphatic hydroxyl groups is 2. The molecule has 6 aromatic rings. The number of aliphatic hydroxyl groups excluding tert-OH is 2. The highest BCUT2D eigenvalue weighted by atomic mass is 35.5. The Balaban J connectivity index is 0.00000141. The first-order chi connectivity index (χ1) is 34.5. The summed E-state index contributed by atoms with van der Waals surface area (Å²) in [5, 5.41) is 27.3. The summed E-state index contributed by atoms with van der Waals surface area (Å²) in [6.45, 7) is 8.07. The lowest BCUT2D eigenvalue weighted by Crippen LogP contribution is -2.34. The van der Waals surface area contributed by atoms with Crippen LogP contribution in [0.5, 0.6) is 23.0 Å².